The summed E-state index contributed by atoms with van der Waals surface area (Å²) >= 11 is 0. The Hall–Kier alpha value is -3.06. The van der Waals surface area contributed by atoms with Gasteiger partial charge in [-0.15, -0.1) is 0 Å². The summed E-state index contributed by atoms with van der Waals surface area (Å²) in [7, 11) is 3.30. The second kappa shape index (κ2) is 7.52. The molecule has 0 atom stereocenters. The molecule has 0 saturated heterocycles. The lowest BCUT2D eigenvalue weighted by Gasteiger charge is -2.16. The van der Waals surface area contributed by atoms with E-state index in [-0.39, 0.29) is 24.9 Å². The lowest BCUT2D eigenvalue weighted by atomic mass is 10.1. The fraction of sp³-hybridized carbons (Fsp3) is 0.333. The second-order valence-electron chi connectivity index (χ2n) is 7.21. The first kappa shape index (κ1) is 18.3. The van der Waals surface area contributed by atoms with Gasteiger partial charge < -0.3 is 19.8 Å². The molecule has 3 aromatic rings. The first-order chi connectivity index (χ1) is 13.5. The Kier molecular flexibility index (Phi) is 4.92. The molecule has 1 fully saturated rings. The maximum Gasteiger partial charge on any atom is 0.238 e. The molecule has 1 aliphatic rings. The van der Waals surface area contributed by atoms with Crippen molar-refractivity contribution in [1.82, 2.24) is 10.2 Å². The van der Waals surface area contributed by atoms with E-state index in [1.807, 2.05) is 30.3 Å². The molecule has 1 aliphatic carbocycles. The SMILES string of the molecule is COc1cc2c(cc1NC(=O)CN(C)CC(=O)NC1CC1)oc1ccccc12. The first-order valence-electron chi connectivity index (χ1n) is 9.30. The molecule has 146 valence electrons. The highest BCUT2D eigenvalue weighted by Crippen LogP contribution is 2.36. The summed E-state index contributed by atoms with van der Waals surface area (Å²) in [5.41, 5.74) is 1.99. The monoisotopic (exact) mass is 381 g/mol. The number of furan rings is 1. The number of hydrogen-bond acceptors (Lipinski definition) is 5. The van der Waals surface area contributed by atoms with Gasteiger partial charge in [0, 0.05) is 22.9 Å². The van der Waals surface area contributed by atoms with Gasteiger partial charge in [0.1, 0.15) is 16.9 Å². The van der Waals surface area contributed by atoms with Crippen LogP contribution in [0.3, 0.4) is 0 Å². The number of benzene rings is 2. The van der Waals surface area contributed by atoms with Gasteiger partial charge in [-0.2, -0.15) is 0 Å². The van der Waals surface area contributed by atoms with Crippen LogP contribution in [0.15, 0.2) is 40.8 Å². The molecule has 2 N–H and O–H groups in total. The fourth-order valence-electron chi connectivity index (χ4n) is 3.25. The van der Waals surface area contributed by atoms with Crippen LogP contribution in [0.25, 0.3) is 21.9 Å². The Balaban J connectivity index is 1.47. The van der Waals surface area contributed by atoms with E-state index in [1.165, 1.54) is 0 Å². The van der Waals surface area contributed by atoms with Crippen molar-refractivity contribution in [3.63, 3.8) is 0 Å². The van der Waals surface area contributed by atoms with Crippen molar-refractivity contribution in [2.24, 2.45) is 0 Å². The number of para-hydroxylation sites is 1. The number of nitrogens with one attached hydrogen (secondary N) is 2. The van der Waals surface area contributed by atoms with Crippen molar-refractivity contribution in [2.45, 2.75) is 18.9 Å². The van der Waals surface area contributed by atoms with Gasteiger partial charge in [0.2, 0.25) is 11.8 Å². The third kappa shape index (κ3) is 3.94. The van der Waals surface area contributed by atoms with Crippen LogP contribution in [0.5, 0.6) is 5.75 Å². The number of nitrogens with zero attached hydrogens (tertiary/aromatic N) is 1. The Labute approximate surface area is 162 Å². The average Bonchev–Trinajstić information content (AvgIpc) is 3.39. The minimum atomic E-state index is -0.226. The van der Waals surface area contributed by atoms with E-state index in [1.54, 1.807) is 25.1 Å². The highest BCUT2D eigenvalue weighted by atomic mass is 16.5. The number of rotatable bonds is 7. The number of hydrogen-bond donors (Lipinski definition) is 2. The van der Waals surface area contributed by atoms with Gasteiger partial charge in [-0.1, -0.05) is 18.2 Å². The Morgan fingerprint density at radius 2 is 1.86 bits per heavy atom. The van der Waals surface area contributed by atoms with Crippen LogP contribution in [0, 0.1) is 0 Å². The smallest absolute Gasteiger partial charge is 0.238 e. The maximum atomic E-state index is 12.4. The molecule has 4 rings (SSSR count). The zero-order valence-corrected chi connectivity index (χ0v) is 16.0. The van der Waals surface area contributed by atoms with Crippen molar-refractivity contribution in [1.29, 1.82) is 0 Å². The Bertz CT molecular complexity index is 1040. The quantitative estimate of drug-likeness (QED) is 0.657. The average molecular weight is 381 g/mol. The molecule has 1 saturated carbocycles. The maximum absolute atomic E-state index is 12.4. The highest BCUT2D eigenvalue weighted by molar-refractivity contribution is 6.07. The predicted octanol–water partition coefficient (Wildman–Crippen LogP) is 2.74. The van der Waals surface area contributed by atoms with Crippen LogP contribution in [-0.4, -0.2) is 50.0 Å². The molecule has 2 aromatic carbocycles. The number of fused-ring (bicyclic) bond motifs is 3. The number of anilines is 1. The summed E-state index contributed by atoms with van der Waals surface area (Å²) in [6.45, 7) is 0.281. The molecule has 0 bridgehead atoms. The molecule has 0 spiro atoms. The van der Waals surface area contributed by atoms with Gasteiger partial charge in [0.15, 0.2) is 0 Å². The summed E-state index contributed by atoms with van der Waals surface area (Å²) < 4.78 is 11.3. The topological polar surface area (TPSA) is 83.8 Å². The number of likely N-dealkylation sites (N-methyl/N-ethyl adjacent to an activating group) is 1. The van der Waals surface area contributed by atoms with Crippen molar-refractivity contribution < 1.29 is 18.7 Å². The van der Waals surface area contributed by atoms with E-state index in [0.29, 0.717) is 23.1 Å². The van der Waals surface area contributed by atoms with Gasteiger partial charge in [-0.25, -0.2) is 0 Å². The molecule has 0 aliphatic heterocycles. The van der Waals surface area contributed by atoms with Crippen LogP contribution in [0.2, 0.25) is 0 Å². The third-order valence-electron chi connectivity index (χ3n) is 4.74. The Morgan fingerprint density at radius 3 is 2.61 bits per heavy atom. The summed E-state index contributed by atoms with van der Waals surface area (Å²) in [5, 5.41) is 7.70. The molecule has 1 aromatic heterocycles. The summed E-state index contributed by atoms with van der Waals surface area (Å²) in [5.74, 6) is 0.274. The molecule has 1 heterocycles. The normalized spacial score (nSPS) is 13.8. The first-order valence-corrected chi connectivity index (χ1v) is 9.30. The zero-order valence-electron chi connectivity index (χ0n) is 16.0. The summed E-state index contributed by atoms with van der Waals surface area (Å²) in [6, 6.07) is 11.7. The van der Waals surface area contributed by atoms with Crippen molar-refractivity contribution >= 4 is 39.4 Å². The van der Waals surface area contributed by atoms with Gasteiger partial charge in [0.05, 0.1) is 25.9 Å². The van der Waals surface area contributed by atoms with Gasteiger partial charge in [-0.05, 0) is 32.0 Å². The van der Waals surface area contributed by atoms with Crippen LogP contribution in [0.4, 0.5) is 5.69 Å². The van der Waals surface area contributed by atoms with E-state index in [9.17, 15) is 9.59 Å². The molecule has 2 amide bonds. The molecule has 7 heteroatoms. The van der Waals surface area contributed by atoms with Crippen LogP contribution >= 0.6 is 0 Å². The van der Waals surface area contributed by atoms with Gasteiger partial charge in [-0.3, -0.25) is 14.5 Å². The van der Waals surface area contributed by atoms with Gasteiger partial charge >= 0.3 is 0 Å². The van der Waals surface area contributed by atoms with Crippen LogP contribution < -0.4 is 15.4 Å². The Morgan fingerprint density at radius 1 is 1.11 bits per heavy atom. The van der Waals surface area contributed by atoms with E-state index >= 15 is 0 Å². The number of amides is 2. The summed E-state index contributed by atoms with van der Waals surface area (Å²) in [4.78, 5) is 26.0. The standard InChI is InChI=1S/C21H23N3O4/c1-24(11-20(25)22-13-7-8-13)12-21(26)23-16-10-18-15(9-19(16)27-2)14-5-3-4-6-17(14)28-18/h3-6,9-10,13H,7-8,11-12H2,1-2H3,(H,22,25)(H,23,26). The lowest BCUT2D eigenvalue weighted by molar-refractivity contribution is -0.123. The van der Waals surface area contributed by atoms with E-state index < -0.39 is 0 Å². The number of carbonyl (C=O) groups excluding carboxylic acids is 2. The lowest BCUT2D eigenvalue weighted by Crippen LogP contribution is -2.39. The fourth-order valence-corrected chi connectivity index (χ4v) is 3.25. The van der Waals surface area contributed by atoms with Crippen molar-refractivity contribution in [2.75, 3.05) is 32.6 Å². The van der Waals surface area contributed by atoms with E-state index in [0.717, 1.165) is 29.2 Å². The number of carbonyl (C=O) groups is 2. The third-order valence-corrected chi connectivity index (χ3v) is 4.74. The van der Waals surface area contributed by atoms with Crippen molar-refractivity contribution in [3.05, 3.63) is 36.4 Å². The van der Waals surface area contributed by atoms with E-state index in [4.69, 9.17) is 9.15 Å². The van der Waals surface area contributed by atoms with Gasteiger partial charge in [0.25, 0.3) is 0 Å². The minimum Gasteiger partial charge on any atom is -0.495 e. The molecule has 7 nitrogen and oxygen atoms in total. The molecule has 28 heavy (non-hydrogen) atoms. The number of ether oxygens (including phenoxy) is 1. The molecular formula is C21H23N3O4. The van der Waals surface area contributed by atoms with Crippen LogP contribution in [-0.2, 0) is 9.59 Å². The minimum absolute atomic E-state index is 0.0564. The largest absolute Gasteiger partial charge is 0.495 e. The van der Waals surface area contributed by atoms with Crippen molar-refractivity contribution in [3.8, 4) is 5.75 Å². The van der Waals surface area contributed by atoms with Crippen LogP contribution in [0.1, 0.15) is 12.8 Å². The molecule has 0 unspecified atom stereocenters. The zero-order chi connectivity index (χ0) is 19.7. The predicted molar refractivity (Wildman–Crippen MR) is 108 cm³/mol. The highest BCUT2D eigenvalue weighted by Gasteiger charge is 2.24. The second-order valence-corrected chi connectivity index (χ2v) is 7.21. The molecule has 0 radical (unpaired) electrons. The molecular weight excluding hydrogens is 358 g/mol. The van der Waals surface area contributed by atoms with E-state index in [2.05, 4.69) is 10.6 Å². The number of methoxy groups -OCH3 is 1. The summed E-state index contributed by atoms with van der Waals surface area (Å²) in [6.07, 6.45) is 2.08.